The summed E-state index contributed by atoms with van der Waals surface area (Å²) >= 11 is 5.98. The van der Waals surface area contributed by atoms with Crippen molar-refractivity contribution in [3.63, 3.8) is 0 Å². The Morgan fingerprint density at radius 2 is 1.55 bits per heavy atom. The molecule has 5 nitrogen and oxygen atoms in total. The van der Waals surface area contributed by atoms with Crippen LogP contribution in [0.3, 0.4) is 0 Å². The van der Waals surface area contributed by atoms with Gasteiger partial charge in [0.2, 0.25) is 0 Å². The maximum atomic E-state index is 12.6. The maximum absolute atomic E-state index is 12.6. The molecule has 296 valence electrons. The first kappa shape index (κ1) is 52.8. The Kier molecular flexibility index (Phi) is 33.3. The van der Waals surface area contributed by atoms with Crippen molar-refractivity contribution in [1.82, 2.24) is 9.80 Å². The highest BCUT2D eigenvalue weighted by atomic mass is 35.5. The predicted octanol–water partition coefficient (Wildman–Crippen LogP) is 14.6. The van der Waals surface area contributed by atoms with E-state index in [0.717, 1.165) is 49.5 Å². The smallest absolute Gasteiger partial charge is 0.410 e. The van der Waals surface area contributed by atoms with Crippen LogP contribution in [-0.2, 0) is 4.74 Å². The van der Waals surface area contributed by atoms with Crippen LogP contribution in [0.25, 0.3) is 0 Å². The van der Waals surface area contributed by atoms with E-state index in [0.29, 0.717) is 12.5 Å². The first-order chi connectivity index (χ1) is 24.1. The minimum absolute atomic E-state index is 0.0784. The highest BCUT2D eigenvalue weighted by molar-refractivity contribution is 6.31. The molecule has 1 rings (SSSR count). The summed E-state index contributed by atoms with van der Waals surface area (Å²) in [6.45, 7) is 37.9. The van der Waals surface area contributed by atoms with Crippen molar-refractivity contribution < 1.29 is 9.53 Å². The van der Waals surface area contributed by atoms with Crippen molar-refractivity contribution in [2.75, 3.05) is 19.6 Å². The molecular formula is C45H82ClN3O2. The molecule has 0 aliphatic carbocycles. The lowest BCUT2D eigenvalue weighted by Crippen LogP contribution is -2.54. The number of hydrogen-bond acceptors (Lipinski definition) is 4. The Morgan fingerprint density at radius 3 is 1.98 bits per heavy atom. The van der Waals surface area contributed by atoms with Crippen LogP contribution in [0.2, 0.25) is 0 Å². The molecule has 2 unspecified atom stereocenters. The quantitative estimate of drug-likeness (QED) is 0.132. The van der Waals surface area contributed by atoms with Gasteiger partial charge in [-0.2, -0.15) is 0 Å². The zero-order valence-electron chi connectivity index (χ0n) is 36.5. The molecule has 51 heavy (non-hydrogen) atoms. The van der Waals surface area contributed by atoms with Gasteiger partial charge >= 0.3 is 6.09 Å². The van der Waals surface area contributed by atoms with Gasteiger partial charge in [0, 0.05) is 53.9 Å². The Balaban J connectivity index is -0.000000947. The van der Waals surface area contributed by atoms with E-state index in [1.807, 2.05) is 63.9 Å². The molecule has 1 heterocycles. The topological polar surface area (TPSA) is 45.1 Å². The lowest BCUT2D eigenvalue weighted by molar-refractivity contribution is 0.00493. The van der Waals surface area contributed by atoms with Gasteiger partial charge in [-0.1, -0.05) is 129 Å². The predicted molar refractivity (Wildman–Crippen MR) is 231 cm³/mol. The van der Waals surface area contributed by atoms with Crippen molar-refractivity contribution in [2.24, 2.45) is 10.9 Å². The molecule has 1 amide bonds. The molecule has 0 N–H and O–H groups in total. The Hall–Kier alpha value is -2.53. The zero-order valence-corrected chi connectivity index (χ0v) is 37.3. The largest absolute Gasteiger partial charge is 0.444 e. The standard InChI is InChI=1S/C26H45N3O2.C12H19Cl.C5H12.C2H6/c1-11-14-15-27-21(6)24(23(13-3)19(4)12-2)22(7)28-16-17-29(20(5)18-28)25(30)31-26(8,9)10;1-4-6-7-9-12(13)10-11(3)8-5-2;1-3-5-4-2;1-2/h13-15,19-20H,11-12,16-18H2,1-10H3;6-7,9-10H,4-5,8H2,1-3H3;3-5H2,1-2H3;1-2H3/b15-14+,23-13-,24-22-,27-21+;7-6+,11-10+,12-9+;;. The fourth-order valence-corrected chi connectivity index (χ4v) is 5.58. The molecule has 0 radical (unpaired) electrons. The Labute approximate surface area is 323 Å². The molecule has 6 heteroatoms. The number of unbranched alkanes of at least 4 members (excludes halogenated alkanes) is 2. The van der Waals surface area contributed by atoms with Gasteiger partial charge in [0.25, 0.3) is 0 Å². The highest BCUT2D eigenvalue weighted by Crippen LogP contribution is 2.29. The molecule has 0 saturated carbocycles. The summed E-state index contributed by atoms with van der Waals surface area (Å²) in [7, 11) is 0. The van der Waals surface area contributed by atoms with Crippen LogP contribution in [0.1, 0.15) is 169 Å². The molecule has 1 saturated heterocycles. The number of carbonyl (C=O) groups excluding carboxylic acids is 1. The molecule has 0 spiro atoms. The van der Waals surface area contributed by atoms with Gasteiger partial charge in [0.05, 0.1) is 0 Å². The number of piperazine rings is 1. The SMILES string of the molecule is CC.CC/C=C/C=C(Cl)\C=C(/C)CCC.CCCCC.C\C=C(C(/C(C)=N/C=C/CC)=C(/C)N1CCN(C(=O)OC(C)(C)C)C(C)C1)\C(C)CC. The summed E-state index contributed by atoms with van der Waals surface area (Å²) < 4.78 is 5.61. The van der Waals surface area contributed by atoms with Gasteiger partial charge in [-0.15, -0.1) is 0 Å². The minimum Gasteiger partial charge on any atom is -0.444 e. The van der Waals surface area contributed by atoms with E-state index in [1.54, 1.807) is 0 Å². The van der Waals surface area contributed by atoms with Crippen LogP contribution in [0.5, 0.6) is 0 Å². The van der Waals surface area contributed by atoms with E-state index in [9.17, 15) is 4.79 Å². The fourth-order valence-electron chi connectivity index (χ4n) is 5.32. The Bertz CT molecular complexity index is 1130. The van der Waals surface area contributed by atoms with Crippen molar-refractivity contribution in [3.8, 4) is 0 Å². The van der Waals surface area contributed by atoms with E-state index >= 15 is 0 Å². The van der Waals surface area contributed by atoms with E-state index in [4.69, 9.17) is 21.3 Å². The molecule has 0 aromatic heterocycles. The second-order valence-corrected chi connectivity index (χ2v) is 14.4. The number of amides is 1. The van der Waals surface area contributed by atoms with E-state index in [1.165, 1.54) is 48.1 Å². The molecule has 1 aliphatic heterocycles. The molecule has 0 aromatic carbocycles. The number of nitrogens with zero attached hydrogens (tertiary/aromatic N) is 3. The average molecular weight is 733 g/mol. The number of carbonyl (C=O) groups is 1. The van der Waals surface area contributed by atoms with Gasteiger partial charge in [-0.05, 0) is 105 Å². The van der Waals surface area contributed by atoms with Crippen LogP contribution in [0, 0.1) is 5.92 Å². The third-order valence-corrected chi connectivity index (χ3v) is 8.40. The lowest BCUT2D eigenvalue weighted by Gasteiger charge is -2.42. The van der Waals surface area contributed by atoms with Crippen molar-refractivity contribution in [3.05, 3.63) is 70.1 Å². The third-order valence-electron chi connectivity index (χ3n) is 8.17. The van der Waals surface area contributed by atoms with Crippen molar-refractivity contribution in [2.45, 2.75) is 181 Å². The van der Waals surface area contributed by atoms with E-state index < -0.39 is 5.60 Å². The van der Waals surface area contributed by atoms with E-state index in [-0.39, 0.29) is 12.1 Å². The highest BCUT2D eigenvalue weighted by Gasteiger charge is 2.32. The molecule has 2 atom stereocenters. The fraction of sp³-hybridized carbons (Fsp3) is 0.689. The summed E-state index contributed by atoms with van der Waals surface area (Å²) in [6, 6.07) is 0.0784. The molecule has 0 bridgehead atoms. The molecular weight excluding hydrogens is 650 g/mol. The molecule has 1 fully saturated rings. The van der Waals surface area contributed by atoms with Crippen LogP contribution < -0.4 is 0 Å². The van der Waals surface area contributed by atoms with Gasteiger partial charge in [-0.25, -0.2) is 4.79 Å². The summed E-state index contributed by atoms with van der Waals surface area (Å²) in [5.74, 6) is 0.454. The number of aliphatic imine (C=N–C) groups is 1. The summed E-state index contributed by atoms with van der Waals surface area (Å²) in [4.78, 5) is 21.6. The molecule has 0 aromatic rings. The second-order valence-electron chi connectivity index (χ2n) is 14.0. The summed E-state index contributed by atoms with van der Waals surface area (Å²) in [5.41, 5.74) is 5.71. The maximum Gasteiger partial charge on any atom is 0.410 e. The minimum atomic E-state index is -0.479. The normalized spacial score (nSPS) is 17.2. The van der Waals surface area contributed by atoms with E-state index in [2.05, 4.69) is 106 Å². The number of allylic oxidation sites excluding steroid dienone is 11. The number of hydrogen-bond donors (Lipinski definition) is 0. The average Bonchev–Trinajstić information content (AvgIpc) is 3.07. The number of halogens is 1. The van der Waals surface area contributed by atoms with Gasteiger partial charge in [-0.3, -0.25) is 4.99 Å². The monoisotopic (exact) mass is 732 g/mol. The molecule has 1 aliphatic rings. The van der Waals surface area contributed by atoms with Crippen LogP contribution >= 0.6 is 11.6 Å². The van der Waals surface area contributed by atoms with Crippen LogP contribution in [0.15, 0.2) is 75.1 Å². The summed E-state index contributed by atoms with van der Waals surface area (Å²) in [5, 5.41) is 0.815. The van der Waals surface area contributed by atoms with Gasteiger partial charge in [0.1, 0.15) is 5.60 Å². The third kappa shape index (κ3) is 25.1. The number of ether oxygens (including phenoxy) is 1. The zero-order chi connectivity index (χ0) is 40.0. The first-order valence-electron chi connectivity index (χ1n) is 20.1. The van der Waals surface area contributed by atoms with Gasteiger partial charge in [0.15, 0.2) is 0 Å². The first-order valence-corrected chi connectivity index (χ1v) is 20.5. The second kappa shape index (κ2) is 32.1. The van der Waals surface area contributed by atoms with Gasteiger partial charge < -0.3 is 14.5 Å². The van der Waals surface area contributed by atoms with Crippen molar-refractivity contribution in [1.29, 1.82) is 0 Å². The Morgan fingerprint density at radius 1 is 0.961 bits per heavy atom. The van der Waals surface area contributed by atoms with Crippen molar-refractivity contribution >= 4 is 23.4 Å². The summed E-state index contributed by atoms with van der Waals surface area (Å²) in [6.07, 6.45) is 23.5. The number of rotatable bonds is 14. The van der Waals surface area contributed by atoms with Crippen LogP contribution in [-0.4, -0.2) is 52.9 Å². The lowest BCUT2D eigenvalue weighted by atomic mass is 9.87. The van der Waals surface area contributed by atoms with Crippen LogP contribution in [0.4, 0.5) is 4.79 Å².